The number of ketones is 1. The van der Waals surface area contributed by atoms with Crippen LogP contribution in [0.5, 0.6) is 5.75 Å². The Morgan fingerprint density at radius 1 is 1.22 bits per heavy atom. The first kappa shape index (κ1) is 18.2. The van der Waals surface area contributed by atoms with Gasteiger partial charge in [-0.1, -0.05) is 41.9 Å². The molecule has 27 heavy (non-hydrogen) atoms. The number of ether oxygens (including phenoxy) is 1. The topological polar surface area (TPSA) is 82.5 Å². The van der Waals surface area contributed by atoms with Crippen LogP contribution < -0.4 is 4.74 Å². The summed E-state index contributed by atoms with van der Waals surface area (Å²) < 4.78 is 6.49. The number of benzene rings is 2. The maximum atomic E-state index is 13.3. The molecule has 0 saturated heterocycles. The Morgan fingerprint density at radius 3 is 2.74 bits per heavy atom. The Kier molecular flexibility index (Phi) is 4.37. The molecule has 0 fully saturated rings. The summed E-state index contributed by atoms with van der Waals surface area (Å²) in [6.07, 6.45) is -0.952. The fourth-order valence-corrected chi connectivity index (χ4v) is 4.10. The maximum absolute atomic E-state index is 13.3. The minimum atomic E-state index is -0.952. The van der Waals surface area contributed by atoms with Crippen LogP contribution in [0.25, 0.3) is 10.9 Å². The van der Waals surface area contributed by atoms with Crippen LogP contribution in [0.2, 0.25) is 0 Å². The quantitative estimate of drug-likeness (QED) is 0.592. The minimum Gasteiger partial charge on any atom is -0.491 e. The summed E-state index contributed by atoms with van der Waals surface area (Å²) in [5, 5.41) is 19.3. The molecule has 6 heteroatoms. The number of halogens is 1. The number of carbonyl (C=O) groups is 1. The van der Waals surface area contributed by atoms with Crippen molar-refractivity contribution in [3.05, 3.63) is 63.3 Å². The van der Waals surface area contributed by atoms with Crippen LogP contribution in [-0.4, -0.2) is 40.3 Å². The lowest BCUT2D eigenvalue weighted by molar-refractivity contribution is 0.0535. The largest absolute Gasteiger partial charge is 0.491 e. The lowest BCUT2D eigenvalue weighted by Crippen LogP contribution is -2.30. The normalized spacial score (nSPS) is 16.1. The van der Waals surface area contributed by atoms with Crippen LogP contribution in [-0.2, 0) is 5.41 Å². The predicted molar refractivity (Wildman–Crippen MR) is 107 cm³/mol. The highest BCUT2D eigenvalue weighted by molar-refractivity contribution is 9.10. The van der Waals surface area contributed by atoms with Gasteiger partial charge in [-0.05, 0) is 29.8 Å². The van der Waals surface area contributed by atoms with Gasteiger partial charge in [-0.15, -0.1) is 0 Å². The van der Waals surface area contributed by atoms with E-state index >= 15 is 0 Å². The van der Waals surface area contributed by atoms with E-state index in [-0.39, 0.29) is 24.4 Å². The molecule has 0 saturated carbocycles. The van der Waals surface area contributed by atoms with Gasteiger partial charge in [0.25, 0.3) is 0 Å². The molecule has 0 amide bonds. The van der Waals surface area contributed by atoms with Gasteiger partial charge in [-0.25, -0.2) is 0 Å². The Balaban J connectivity index is 1.83. The smallest absolute Gasteiger partial charge is 0.195 e. The van der Waals surface area contributed by atoms with E-state index in [1.165, 1.54) is 0 Å². The number of aromatic nitrogens is 1. The molecule has 2 aromatic carbocycles. The van der Waals surface area contributed by atoms with E-state index in [0.717, 1.165) is 26.6 Å². The van der Waals surface area contributed by atoms with E-state index < -0.39 is 6.10 Å². The number of carbonyl (C=O) groups excluding carboxylic acids is 1. The van der Waals surface area contributed by atoms with Gasteiger partial charge in [0, 0.05) is 32.0 Å². The molecule has 1 aromatic heterocycles. The molecule has 0 spiro atoms. The Bertz CT molecular complexity index is 1050. The van der Waals surface area contributed by atoms with Gasteiger partial charge < -0.3 is 19.9 Å². The van der Waals surface area contributed by atoms with Crippen molar-refractivity contribution >= 4 is 32.6 Å². The zero-order chi connectivity index (χ0) is 19.3. The van der Waals surface area contributed by atoms with Crippen LogP contribution in [0.1, 0.15) is 41.0 Å². The molecule has 1 aliphatic carbocycles. The molecule has 3 aromatic rings. The van der Waals surface area contributed by atoms with Crippen LogP contribution in [0.4, 0.5) is 0 Å². The van der Waals surface area contributed by atoms with Crippen molar-refractivity contribution in [2.24, 2.45) is 0 Å². The summed E-state index contributed by atoms with van der Waals surface area (Å²) in [4.78, 5) is 16.8. The standard InChI is InChI=1S/C21H20BrNO4/c1-21(2)16-6-4-13(27-10-12(25)9-24)8-15(16)19(26)18-14-5-3-11(22)7-17(14)23-20(18)21/h3-8,12,23-25H,9-10H2,1-2H3/t12-/m1/s1. The van der Waals surface area contributed by atoms with Crippen molar-refractivity contribution in [2.75, 3.05) is 13.2 Å². The molecule has 0 radical (unpaired) electrons. The van der Waals surface area contributed by atoms with E-state index in [1.54, 1.807) is 12.1 Å². The molecule has 3 N–H and O–H groups in total. The number of nitrogens with one attached hydrogen (secondary N) is 1. The third kappa shape index (κ3) is 2.88. The summed E-state index contributed by atoms with van der Waals surface area (Å²) >= 11 is 3.48. The molecule has 1 heterocycles. The first-order valence-corrected chi connectivity index (χ1v) is 9.55. The lowest BCUT2D eigenvalue weighted by Gasteiger charge is -2.32. The van der Waals surface area contributed by atoms with E-state index in [1.807, 2.05) is 24.3 Å². The number of hydrogen-bond donors (Lipinski definition) is 3. The SMILES string of the molecule is CC1(C)c2ccc(OC[C@H](O)CO)cc2C(=O)c2c1[nH]c1cc(Br)ccc21. The van der Waals surface area contributed by atoms with Crippen molar-refractivity contribution in [2.45, 2.75) is 25.4 Å². The predicted octanol–water partition coefficient (Wildman–Crippen LogP) is 3.53. The zero-order valence-corrected chi connectivity index (χ0v) is 16.6. The van der Waals surface area contributed by atoms with Crippen molar-refractivity contribution in [3.63, 3.8) is 0 Å². The second kappa shape index (κ2) is 6.48. The third-order valence-corrected chi connectivity index (χ3v) is 5.67. The fraction of sp³-hybridized carbons (Fsp3) is 0.286. The van der Waals surface area contributed by atoms with Gasteiger partial charge in [0.15, 0.2) is 5.78 Å². The minimum absolute atomic E-state index is 0.0285. The summed E-state index contributed by atoms with van der Waals surface area (Å²) in [5.74, 6) is 0.456. The summed E-state index contributed by atoms with van der Waals surface area (Å²) in [7, 11) is 0. The number of aromatic amines is 1. The highest BCUT2D eigenvalue weighted by atomic mass is 79.9. The van der Waals surface area contributed by atoms with Crippen molar-refractivity contribution in [1.29, 1.82) is 0 Å². The molecule has 0 aliphatic heterocycles. The molecular weight excluding hydrogens is 410 g/mol. The zero-order valence-electron chi connectivity index (χ0n) is 15.0. The summed E-state index contributed by atoms with van der Waals surface area (Å²) in [5.41, 5.74) is 3.70. The number of fused-ring (bicyclic) bond motifs is 4. The molecule has 1 atom stereocenters. The average Bonchev–Trinajstić information content (AvgIpc) is 3.04. The molecule has 0 bridgehead atoms. The molecule has 140 valence electrons. The number of aliphatic hydroxyl groups excluding tert-OH is 2. The summed E-state index contributed by atoms with van der Waals surface area (Å²) in [6, 6.07) is 11.3. The summed E-state index contributed by atoms with van der Waals surface area (Å²) in [6.45, 7) is 3.79. The maximum Gasteiger partial charge on any atom is 0.195 e. The van der Waals surface area contributed by atoms with E-state index in [2.05, 4.69) is 34.8 Å². The number of H-pyrrole nitrogens is 1. The molecule has 0 unspecified atom stereocenters. The Morgan fingerprint density at radius 2 is 2.00 bits per heavy atom. The van der Waals surface area contributed by atoms with Gasteiger partial charge in [0.1, 0.15) is 18.5 Å². The van der Waals surface area contributed by atoms with E-state index in [0.29, 0.717) is 16.9 Å². The molecular formula is C21H20BrNO4. The van der Waals surface area contributed by atoms with Crippen LogP contribution >= 0.6 is 15.9 Å². The van der Waals surface area contributed by atoms with Crippen LogP contribution in [0, 0.1) is 0 Å². The van der Waals surface area contributed by atoms with E-state index in [4.69, 9.17) is 9.84 Å². The average molecular weight is 430 g/mol. The van der Waals surface area contributed by atoms with Gasteiger partial charge in [-0.3, -0.25) is 4.79 Å². The number of aliphatic hydroxyl groups is 2. The van der Waals surface area contributed by atoms with Crippen LogP contribution in [0.3, 0.4) is 0 Å². The molecule has 4 rings (SSSR count). The second-order valence-electron chi connectivity index (χ2n) is 7.37. The highest BCUT2D eigenvalue weighted by Gasteiger charge is 2.39. The number of hydrogen-bond acceptors (Lipinski definition) is 4. The first-order chi connectivity index (χ1) is 12.8. The highest BCUT2D eigenvalue weighted by Crippen LogP contribution is 2.44. The van der Waals surface area contributed by atoms with Gasteiger partial charge in [0.2, 0.25) is 0 Å². The van der Waals surface area contributed by atoms with Crippen molar-refractivity contribution < 1.29 is 19.7 Å². The fourth-order valence-electron chi connectivity index (χ4n) is 3.73. The van der Waals surface area contributed by atoms with Gasteiger partial charge >= 0.3 is 0 Å². The van der Waals surface area contributed by atoms with E-state index in [9.17, 15) is 9.90 Å². The van der Waals surface area contributed by atoms with Crippen molar-refractivity contribution in [3.8, 4) is 5.75 Å². The number of rotatable bonds is 4. The lowest BCUT2D eigenvalue weighted by atomic mass is 9.71. The second-order valence-corrected chi connectivity index (χ2v) is 8.29. The Labute approximate surface area is 165 Å². The monoisotopic (exact) mass is 429 g/mol. The van der Waals surface area contributed by atoms with Crippen molar-refractivity contribution in [1.82, 2.24) is 4.98 Å². The first-order valence-electron chi connectivity index (χ1n) is 8.75. The molecule has 1 aliphatic rings. The Hall–Kier alpha value is -2.15. The van der Waals surface area contributed by atoms with Gasteiger partial charge in [0.05, 0.1) is 12.2 Å². The van der Waals surface area contributed by atoms with Gasteiger partial charge in [-0.2, -0.15) is 0 Å². The van der Waals surface area contributed by atoms with Crippen LogP contribution in [0.15, 0.2) is 40.9 Å². The molecule has 5 nitrogen and oxygen atoms in total. The third-order valence-electron chi connectivity index (χ3n) is 5.17.